The van der Waals surface area contributed by atoms with Crippen LogP contribution in [0, 0.1) is 12.8 Å². The normalized spacial score (nSPS) is 12.8. The molecule has 0 saturated carbocycles. The number of anilines is 2. The fraction of sp³-hybridized carbons (Fsp3) is 0.429. The van der Waals surface area contributed by atoms with Gasteiger partial charge in [0, 0.05) is 13.0 Å². The second kappa shape index (κ2) is 7.87. The van der Waals surface area contributed by atoms with Gasteiger partial charge in [-0.3, -0.25) is 9.59 Å². The van der Waals surface area contributed by atoms with Gasteiger partial charge in [0.15, 0.2) is 0 Å². The van der Waals surface area contributed by atoms with Crippen LogP contribution in [-0.2, 0) is 9.59 Å². The van der Waals surface area contributed by atoms with E-state index in [-0.39, 0.29) is 36.2 Å². The zero-order valence-electron chi connectivity index (χ0n) is 12.2. The van der Waals surface area contributed by atoms with Crippen molar-refractivity contribution in [2.75, 3.05) is 10.6 Å². The Morgan fingerprint density at radius 2 is 1.75 bits per heavy atom. The highest BCUT2D eigenvalue weighted by Gasteiger charge is 2.18. The number of halogens is 1. The molecular weight excluding hydrogens is 278 g/mol. The molecule has 0 saturated heterocycles. The number of nitrogens with one attached hydrogen (secondary N) is 2. The minimum absolute atomic E-state index is 0. The zero-order chi connectivity index (χ0) is 14.6. The number of aryl methyl sites for hydroxylation is 1. The van der Waals surface area contributed by atoms with E-state index in [1.165, 1.54) is 6.92 Å². The van der Waals surface area contributed by atoms with E-state index >= 15 is 0 Å². The van der Waals surface area contributed by atoms with Crippen molar-refractivity contribution in [2.45, 2.75) is 33.7 Å². The van der Waals surface area contributed by atoms with Gasteiger partial charge in [-0.15, -0.1) is 12.4 Å². The summed E-state index contributed by atoms with van der Waals surface area (Å²) >= 11 is 0. The average Bonchev–Trinajstić information content (AvgIpc) is 2.31. The van der Waals surface area contributed by atoms with Gasteiger partial charge in [-0.2, -0.15) is 0 Å². The third kappa shape index (κ3) is 5.19. The van der Waals surface area contributed by atoms with Gasteiger partial charge >= 0.3 is 0 Å². The van der Waals surface area contributed by atoms with E-state index in [4.69, 9.17) is 5.73 Å². The lowest BCUT2D eigenvalue weighted by atomic mass is 10.0. The number of rotatable bonds is 4. The molecule has 1 aromatic rings. The Balaban J connectivity index is 0.00000361. The molecule has 6 heteroatoms. The fourth-order valence-electron chi connectivity index (χ4n) is 1.55. The second-order valence-corrected chi connectivity index (χ2v) is 4.87. The van der Waals surface area contributed by atoms with Crippen molar-refractivity contribution in [1.82, 2.24) is 0 Å². The number of amides is 2. The van der Waals surface area contributed by atoms with Crippen LogP contribution in [0.15, 0.2) is 18.2 Å². The number of hydrogen-bond acceptors (Lipinski definition) is 3. The smallest absolute Gasteiger partial charge is 0.228 e. The van der Waals surface area contributed by atoms with Crippen molar-refractivity contribution >= 4 is 35.6 Å². The van der Waals surface area contributed by atoms with Crippen molar-refractivity contribution in [1.29, 1.82) is 0 Å². The number of carbonyl (C=O) groups excluding carboxylic acids is 2. The molecule has 0 fully saturated rings. The largest absolute Gasteiger partial charge is 0.327 e. The summed E-state index contributed by atoms with van der Waals surface area (Å²) in [7, 11) is 0. The first-order chi connectivity index (χ1) is 8.81. The van der Waals surface area contributed by atoms with E-state index in [0.717, 1.165) is 5.56 Å². The maximum Gasteiger partial charge on any atom is 0.228 e. The van der Waals surface area contributed by atoms with Crippen molar-refractivity contribution in [2.24, 2.45) is 11.7 Å². The van der Waals surface area contributed by atoms with Gasteiger partial charge in [-0.05, 0) is 31.5 Å². The highest BCUT2D eigenvalue weighted by atomic mass is 35.5. The summed E-state index contributed by atoms with van der Waals surface area (Å²) in [5.41, 5.74) is 7.88. The van der Waals surface area contributed by atoms with E-state index in [9.17, 15) is 9.59 Å². The summed E-state index contributed by atoms with van der Waals surface area (Å²) in [5, 5.41) is 5.49. The van der Waals surface area contributed by atoms with E-state index in [1.54, 1.807) is 19.9 Å². The second-order valence-electron chi connectivity index (χ2n) is 4.87. The molecule has 0 aliphatic carbocycles. The monoisotopic (exact) mass is 299 g/mol. The predicted molar refractivity (Wildman–Crippen MR) is 84.2 cm³/mol. The number of hydrogen-bond donors (Lipinski definition) is 3. The minimum Gasteiger partial charge on any atom is -0.327 e. The Labute approximate surface area is 125 Å². The maximum absolute atomic E-state index is 12.0. The Morgan fingerprint density at radius 3 is 2.25 bits per heavy atom. The van der Waals surface area contributed by atoms with Crippen LogP contribution >= 0.6 is 12.4 Å². The Hall–Kier alpha value is -1.59. The SMILES string of the molecule is CC(=O)Nc1ccc(C)cc1NC(=O)C(C)C(C)N.Cl. The van der Waals surface area contributed by atoms with Crippen LogP contribution in [0.1, 0.15) is 26.3 Å². The summed E-state index contributed by atoms with van der Waals surface area (Å²) in [6, 6.07) is 5.23. The molecule has 0 heterocycles. The molecule has 0 spiro atoms. The lowest BCUT2D eigenvalue weighted by Gasteiger charge is -2.17. The quantitative estimate of drug-likeness (QED) is 0.797. The van der Waals surface area contributed by atoms with Crippen molar-refractivity contribution < 1.29 is 9.59 Å². The summed E-state index contributed by atoms with van der Waals surface area (Å²) in [5.74, 6) is -0.641. The first-order valence-corrected chi connectivity index (χ1v) is 6.26. The Morgan fingerprint density at radius 1 is 1.15 bits per heavy atom. The van der Waals surface area contributed by atoms with Gasteiger partial charge in [-0.1, -0.05) is 13.0 Å². The highest BCUT2D eigenvalue weighted by Crippen LogP contribution is 2.24. The third-order valence-corrected chi connectivity index (χ3v) is 2.95. The van der Waals surface area contributed by atoms with Crippen molar-refractivity contribution in [3.63, 3.8) is 0 Å². The molecule has 2 atom stereocenters. The Kier molecular flexibility index (Phi) is 7.24. The summed E-state index contributed by atoms with van der Waals surface area (Å²) < 4.78 is 0. The molecule has 0 aliphatic rings. The first kappa shape index (κ1) is 18.4. The molecule has 5 nitrogen and oxygen atoms in total. The molecule has 2 unspecified atom stereocenters. The molecule has 0 bridgehead atoms. The number of nitrogens with two attached hydrogens (primary N) is 1. The Bertz CT molecular complexity index is 489. The summed E-state index contributed by atoms with van der Waals surface area (Å²) in [4.78, 5) is 23.1. The van der Waals surface area contributed by atoms with Crippen LogP contribution in [0.5, 0.6) is 0 Å². The lowest BCUT2D eigenvalue weighted by Crippen LogP contribution is -2.34. The average molecular weight is 300 g/mol. The molecule has 0 aliphatic heterocycles. The van der Waals surface area contributed by atoms with Gasteiger partial charge in [0.1, 0.15) is 0 Å². The van der Waals surface area contributed by atoms with E-state index in [0.29, 0.717) is 11.4 Å². The summed E-state index contributed by atoms with van der Waals surface area (Å²) in [6.45, 7) is 6.90. The van der Waals surface area contributed by atoms with Crippen LogP contribution in [0.4, 0.5) is 11.4 Å². The number of benzene rings is 1. The van der Waals surface area contributed by atoms with Crippen molar-refractivity contribution in [3.8, 4) is 0 Å². The minimum atomic E-state index is -0.300. The van der Waals surface area contributed by atoms with Gasteiger partial charge in [0.05, 0.1) is 17.3 Å². The molecule has 1 aromatic carbocycles. The predicted octanol–water partition coefficient (Wildman–Crippen LogP) is 2.30. The van der Waals surface area contributed by atoms with Crippen molar-refractivity contribution in [3.05, 3.63) is 23.8 Å². The maximum atomic E-state index is 12.0. The number of carbonyl (C=O) groups is 2. The van der Waals surface area contributed by atoms with Crippen LogP contribution in [-0.4, -0.2) is 17.9 Å². The van der Waals surface area contributed by atoms with Gasteiger partial charge < -0.3 is 16.4 Å². The molecular formula is C14H22ClN3O2. The van der Waals surface area contributed by atoms with Gasteiger partial charge in [0.2, 0.25) is 11.8 Å². The first-order valence-electron chi connectivity index (χ1n) is 6.26. The molecule has 0 aromatic heterocycles. The van der Waals surface area contributed by atoms with E-state index < -0.39 is 0 Å². The molecule has 1 rings (SSSR count). The van der Waals surface area contributed by atoms with Gasteiger partial charge in [-0.25, -0.2) is 0 Å². The van der Waals surface area contributed by atoms with Crippen LogP contribution in [0.2, 0.25) is 0 Å². The van der Waals surface area contributed by atoms with Crippen LogP contribution < -0.4 is 16.4 Å². The highest BCUT2D eigenvalue weighted by molar-refractivity contribution is 5.99. The molecule has 4 N–H and O–H groups in total. The van der Waals surface area contributed by atoms with Crippen LogP contribution in [0.3, 0.4) is 0 Å². The third-order valence-electron chi connectivity index (χ3n) is 2.95. The molecule has 20 heavy (non-hydrogen) atoms. The van der Waals surface area contributed by atoms with E-state index in [1.807, 2.05) is 19.1 Å². The van der Waals surface area contributed by atoms with Gasteiger partial charge in [0.25, 0.3) is 0 Å². The standard InChI is InChI=1S/C14H21N3O2.ClH/c1-8-5-6-12(16-11(4)18)13(7-8)17-14(19)9(2)10(3)15;/h5-7,9-10H,15H2,1-4H3,(H,16,18)(H,17,19);1H. The lowest BCUT2D eigenvalue weighted by molar-refractivity contribution is -0.120. The van der Waals surface area contributed by atoms with Crippen LogP contribution in [0.25, 0.3) is 0 Å². The molecule has 2 amide bonds. The molecule has 112 valence electrons. The zero-order valence-corrected chi connectivity index (χ0v) is 13.0. The topological polar surface area (TPSA) is 84.2 Å². The fourth-order valence-corrected chi connectivity index (χ4v) is 1.55. The molecule has 0 radical (unpaired) electrons. The summed E-state index contributed by atoms with van der Waals surface area (Å²) in [6.07, 6.45) is 0. The van der Waals surface area contributed by atoms with E-state index in [2.05, 4.69) is 10.6 Å².